The molecule has 2 rings (SSSR count). The fourth-order valence-electron chi connectivity index (χ4n) is 1.43. The van der Waals surface area contributed by atoms with Gasteiger partial charge in [0.15, 0.2) is 0 Å². The Bertz CT molecular complexity index is 418. The SMILES string of the molecule is O=c1[nH]nc(CC2(C(F)(F)F)OCCO2)[nH]1. The van der Waals surface area contributed by atoms with Crippen LogP contribution in [-0.2, 0) is 15.9 Å². The standard InChI is InChI=1S/C7H8F3N3O3/c8-7(9,10)6(15-1-2-16-6)3-4-11-5(14)13-12-4/h1-3H2,(H2,11,12,13,14). The molecule has 0 spiro atoms. The molecule has 6 nitrogen and oxygen atoms in total. The van der Waals surface area contributed by atoms with E-state index in [1.807, 2.05) is 5.10 Å². The lowest BCUT2D eigenvalue weighted by molar-refractivity contribution is -0.343. The molecule has 1 saturated heterocycles. The Balaban J connectivity index is 2.24. The van der Waals surface area contributed by atoms with E-state index in [-0.39, 0.29) is 19.0 Å². The molecule has 0 saturated carbocycles. The molecule has 0 atom stereocenters. The van der Waals surface area contributed by atoms with E-state index in [4.69, 9.17) is 0 Å². The van der Waals surface area contributed by atoms with Crippen molar-refractivity contribution < 1.29 is 22.6 Å². The summed E-state index contributed by atoms with van der Waals surface area (Å²) in [6.45, 7) is -0.289. The van der Waals surface area contributed by atoms with Crippen LogP contribution in [0.3, 0.4) is 0 Å². The van der Waals surface area contributed by atoms with Gasteiger partial charge in [-0.15, -0.1) is 0 Å². The molecule has 0 radical (unpaired) electrons. The second-order valence-electron chi connectivity index (χ2n) is 3.25. The average Bonchev–Trinajstić information content (AvgIpc) is 2.75. The van der Waals surface area contributed by atoms with Gasteiger partial charge in [0.1, 0.15) is 5.82 Å². The molecule has 16 heavy (non-hydrogen) atoms. The summed E-state index contributed by atoms with van der Waals surface area (Å²) in [7, 11) is 0. The number of H-pyrrole nitrogens is 2. The lowest BCUT2D eigenvalue weighted by Gasteiger charge is -2.28. The fourth-order valence-corrected chi connectivity index (χ4v) is 1.43. The molecule has 0 bridgehead atoms. The van der Waals surface area contributed by atoms with Crippen LogP contribution in [0.2, 0.25) is 0 Å². The van der Waals surface area contributed by atoms with Crippen LogP contribution in [0.1, 0.15) is 5.82 Å². The average molecular weight is 239 g/mol. The monoisotopic (exact) mass is 239 g/mol. The maximum atomic E-state index is 12.7. The summed E-state index contributed by atoms with van der Waals surface area (Å²) in [5, 5.41) is 5.36. The molecule has 0 unspecified atom stereocenters. The van der Waals surface area contributed by atoms with Crippen molar-refractivity contribution in [1.82, 2.24) is 15.2 Å². The highest BCUT2D eigenvalue weighted by Crippen LogP contribution is 2.39. The maximum Gasteiger partial charge on any atom is 0.443 e. The predicted octanol–water partition coefficient (Wildman–Crippen LogP) is -0.0541. The molecule has 1 aromatic heterocycles. The third kappa shape index (κ3) is 1.83. The zero-order chi connectivity index (χ0) is 11.8. The molecule has 9 heteroatoms. The number of hydrogen-bond donors (Lipinski definition) is 2. The summed E-state index contributed by atoms with van der Waals surface area (Å²) < 4.78 is 47.4. The number of halogens is 3. The minimum absolute atomic E-state index is 0.145. The van der Waals surface area contributed by atoms with Crippen LogP contribution < -0.4 is 5.69 Å². The Morgan fingerprint density at radius 1 is 1.38 bits per heavy atom. The Labute approximate surface area is 86.8 Å². The van der Waals surface area contributed by atoms with E-state index in [1.165, 1.54) is 0 Å². The van der Waals surface area contributed by atoms with E-state index in [1.54, 1.807) is 0 Å². The number of aromatic nitrogens is 3. The molecule has 0 amide bonds. The summed E-state index contributed by atoms with van der Waals surface area (Å²) in [4.78, 5) is 12.8. The quantitative estimate of drug-likeness (QED) is 0.758. The summed E-state index contributed by atoms with van der Waals surface area (Å²) in [6.07, 6.45) is -5.37. The third-order valence-corrected chi connectivity index (χ3v) is 2.14. The topological polar surface area (TPSA) is 80.0 Å². The van der Waals surface area contributed by atoms with Crippen molar-refractivity contribution in [3.63, 3.8) is 0 Å². The fraction of sp³-hybridized carbons (Fsp3) is 0.714. The number of alkyl halides is 3. The van der Waals surface area contributed by atoms with Crippen molar-refractivity contribution in [2.75, 3.05) is 13.2 Å². The van der Waals surface area contributed by atoms with Crippen molar-refractivity contribution in [2.24, 2.45) is 0 Å². The van der Waals surface area contributed by atoms with Crippen molar-refractivity contribution in [3.8, 4) is 0 Å². The first-order valence-corrected chi connectivity index (χ1v) is 4.41. The molecule has 0 aliphatic carbocycles. The van der Waals surface area contributed by atoms with Crippen LogP contribution in [0.5, 0.6) is 0 Å². The first-order valence-electron chi connectivity index (χ1n) is 4.41. The molecule has 0 aromatic carbocycles. The second-order valence-corrected chi connectivity index (χ2v) is 3.25. The zero-order valence-corrected chi connectivity index (χ0v) is 7.93. The lowest BCUT2D eigenvalue weighted by atomic mass is 10.2. The van der Waals surface area contributed by atoms with E-state index in [9.17, 15) is 18.0 Å². The number of rotatable bonds is 2. The minimum atomic E-state index is -4.68. The molecule has 90 valence electrons. The van der Waals surface area contributed by atoms with E-state index >= 15 is 0 Å². The van der Waals surface area contributed by atoms with Crippen molar-refractivity contribution in [1.29, 1.82) is 0 Å². The van der Waals surface area contributed by atoms with Crippen LogP contribution in [-0.4, -0.2) is 40.4 Å². The highest BCUT2D eigenvalue weighted by atomic mass is 19.4. The first-order chi connectivity index (χ1) is 7.43. The van der Waals surface area contributed by atoms with Crippen molar-refractivity contribution >= 4 is 0 Å². The van der Waals surface area contributed by atoms with Crippen LogP contribution in [0.4, 0.5) is 13.2 Å². The van der Waals surface area contributed by atoms with Crippen molar-refractivity contribution in [3.05, 3.63) is 16.3 Å². The molecule has 1 aliphatic heterocycles. The van der Waals surface area contributed by atoms with E-state index in [0.29, 0.717) is 0 Å². The Hall–Kier alpha value is -1.35. The molecule has 1 fully saturated rings. The molecule has 1 aliphatic rings. The van der Waals surface area contributed by atoms with Gasteiger partial charge in [-0.3, -0.25) is 4.98 Å². The van der Waals surface area contributed by atoms with Gasteiger partial charge < -0.3 is 9.47 Å². The van der Waals surface area contributed by atoms with E-state index < -0.39 is 24.1 Å². The third-order valence-electron chi connectivity index (χ3n) is 2.14. The van der Waals surface area contributed by atoms with E-state index in [0.717, 1.165) is 0 Å². The number of ether oxygens (including phenoxy) is 2. The molecular weight excluding hydrogens is 231 g/mol. The minimum Gasteiger partial charge on any atom is -0.340 e. The van der Waals surface area contributed by atoms with Gasteiger partial charge in [0.25, 0.3) is 5.79 Å². The molecule has 2 N–H and O–H groups in total. The van der Waals surface area contributed by atoms with Gasteiger partial charge in [-0.1, -0.05) is 0 Å². The lowest BCUT2D eigenvalue weighted by Crippen LogP contribution is -2.48. The summed E-state index contributed by atoms with van der Waals surface area (Å²) in [5.41, 5.74) is -0.676. The van der Waals surface area contributed by atoms with Crippen LogP contribution in [0.15, 0.2) is 4.79 Å². The van der Waals surface area contributed by atoms with Gasteiger partial charge in [-0.25, -0.2) is 9.89 Å². The van der Waals surface area contributed by atoms with Gasteiger partial charge in [-0.05, 0) is 0 Å². The summed E-state index contributed by atoms with van der Waals surface area (Å²) in [6, 6.07) is 0. The van der Waals surface area contributed by atoms with Crippen LogP contribution >= 0.6 is 0 Å². The number of nitrogens with one attached hydrogen (secondary N) is 2. The largest absolute Gasteiger partial charge is 0.443 e. The van der Waals surface area contributed by atoms with E-state index in [2.05, 4.69) is 19.6 Å². The van der Waals surface area contributed by atoms with Gasteiger partial charge in [0.2, 0.25) is 0 Å². The molecule has 2 heterocycles. The maximum absolute atomic E-state index is 12.7. The highest BCUT2D eigenvalue weighted by Gasteiger charge is 2.60. The van der Waals surface area contributed by atoms with Crippen molar-refractivity contribution in [2.45, 2.75) is 18.4 Å². The Morgan fingerprint density at radius 2 is 2.00 bits per heavy atom. The Kier molecular flexibility index (Phi) is 2.50. The zero-order valence-electron chi connectivity index (χ0n) is 7.93. The number of nitrogens with zero attached hydrogens (tertiary/aromatic N) is 1. The number of aromatic amines is 2. The second kappa shape index (κ2) is 3.59. The van der Waals surface area contributed by atoms with Crippen LogP contribution in [0.25, 0.3) is 0 Å². The predicted molar refractivity (Wildman–Crippen MR) is 43.6 cm³/mol. The van der Waals surface area contributed by atoms with Crippen LogP contribution in [0, 0.1) is 0 Å². The smallest absolute Gasteiger partial charge is 0.340 e. The molecular formula is C7H8F3N3O3. The van der Waals surface area contributed by atoms with Gasteiger partial charge in [-0.2, -0.15) is 18.3 Å². The van der Waals surface area contributed by atoms with Gasteiger partial charge in [0.05, 0.1) is 19.6 Å². The summed E-state index contributed by atoms with van der Waals surface area (Å²) >= 11 is 0. The van der Waals surface area contributed by atoms with Gasteiger partial charge >= 0.3 is 11.9 Å². The first kappa shape index (κ1) is 11.1. The van der Waals surface area contributed by atoms with Gasteiger partial charge in [0, 0.05) is 0 Å². The Morgan fingerprint density at radius 3 is 2.44 bits per heavy atom. The summed E-state index contributed by atoms with van der Waals surface area (Å²) in [5.74, 6) is -2.87. The number of hydrogen-bond acceptors (Lipinski definition) is 4. The molecule has 1 aromatic rings. The normalized spacial score (nSPS) is 20.2. The highest BCUT2D eigenvalue weighted by molar-refractivity contribution is 4.94.